The Morgan fingerprint density at radius 1 is 1.33 bits per heavy atom. The molecular weight excluding hydrogens is 284 g/mol. The Balaban J connectivity index is 2.24. The average molecular weight is 309 g/mol. The fraction of sp³-hybridized carbons (Fsp3) is 0.562. The molecule has 0 aliphatic carbocycles. The van der Waals surface area contributed by atoms with E-state index in [-0.39, 0.29) is 0 Å². The molecule has 2 heterocycles. The number of nitrogens with zero attached hydrogens (tertiary/aromatic N) is 3. The van der Waals surface area contributed by atoms with Crippen LogP contribution in [0, 0.1) is 0 Å². The van der Waals surface area contributed by atoms with Crippen molar-refractivity contribution in [2.75, 3.05) is 7.05 Å². The van der Waals surface area contributed by atoms with Crippen LogP contribution in [0.5, 0.6) is 0 Å². The molecule has 21 heavy (non-hydrogen) atoms. The summed E-state index contributed by atoms with van der Waals surface area (Å²) in [6.45, 7) is 7.98. The van der Waals surface area contributed by atoms with Gasteiger partial charge >= 0.3 is 0 Å². The molecule has 0 aliphatic rings. The minimum Gasteiger partial charge on any atom is -0.348 e. The lowest BCUT2D eigenvalue weighted by Gasteiger charge is -2.11. The first kappa shape index (κ1) is 16.1. The van der Waals surface area contributed by atoms with E-state index in [1.54, 1.807) is 0 Å². The van der Waals surface area contributed by atoms with Gasteiger partial charge in [0, 0.05) is 25.0 Å². The van der Waals surface area contributed by atoms with Crippen molar-refractivity contribution in [2.45, 2.75) is 52.7 Å². The minimum absolute atomic E-state index is 0.406. The Labute approximate surface area is 132 Å². The Bertz CT molecular complexity index is 581. The van der Waals surface area contributed by atoms with Gasteiger partial charge in [-0.15, -0.1) is 0 Å². The van der Waals surface area contributed by atoms with Crippen molar-refractivity contribution in [1.82, 2.24) is 19.7 Å². The van der Waals surface area contributed by atoms with Gasteiger partial charge in [-0.2, -0.15) is 5.10 Å². The molecule has 0 fully saturated rings. The van der Waals surface area contributed by atoms with Crippen LogP contribution in [0.15, 0.2) is 18.5 Å². The SMILES string of the molecule is CCc1nn(CC)c(Cn2ccc(C(CC)NC)c2)c1Cl. The number of aromatic nitrogens is 3. The summed E-state index contributed by atoms with van der Waals surface area (Å²) < 4.78 is 4.19. The van der Waals surface area contributed by atoms with Gasteiger partial charge in [-0.25, -0.2) is 0 Å². The summed E-state index contributed by atoms with van der Waals surface area (Å²) in [5, 5.41) is 8.73. The van der Waals surface area contributed by atoms with E-state index in [1.165, 1.54) is 5.56 Å². The first-order valence-electron chi connectivity index (χ1n) is 7.71. The van der Waals surface area contributed by atoms with Gasteiger partial charge in [0.2, 0.25) is 0 Å². The van der Waals surface area contributed by atoms with Crippen molar-refractivity contribution in [2.24, 2.45) is 0 Å². The summed E-state index contributed by atoms with van der Waals surface area (Å²) in [5.41, 5.74) is 3.40. The highest BCUT2D eigenvalue weighted by Crippen LogP contribution is 2.23. The van der Waals surface area contributed by atoms with Crippen molar-refractivity contribution in [3.05, 3.63) is 40.4 Å². The molecule has 5 heteroatoms. The molecule has 0 saturated carbocycles. The molecule has 4 nitrogen and oxygen atoms in total. The highest BCUT2D eigenvalue weighted by molar-refractivity contribution is 6.31. The molecule has 0 aromatic carbocycles. The second-order valence-corrected chi connectivity index (χ2v) is 5.62. The van der Waals surface area contributed by atoms with E-state index in [0.717, 1.165) is 42.3 Å². The predicted octanol–water partition coefficient (Wildman–Crippen LogP) is 3.64. The molecular formula is C16H25ClN4. The van der Waals surface area contributed by atoms with Crippen molar-refractivity contribution in [1.29, 1.82) is 0 Å². The number of aryl methyl sites for hydroxylation is 2. The summed E-state index contributed by atoms with van der Waals surface area (Å²) in [4.78, 5) is 0. The Hall–Kier alpha value is -1.26. The number of halogens is 1. The predicted molar refractivity (Wildman–Crippen MR) is 87.9 cm³/mol. The van der Waals surface area contributed by atoms with Crippen LogP contribution in [0.3, 0.4) is 0 Å². The van der Waals surface area contributed by atoms with Crippen LogP contribution in [0.25, 0.3) is 0 Å². The van der Waals surface area contributed by atoms with Crippen molar-refractivity contribution >= 4 is 11.6 Å². The van der Waals surface area contributed by atoms with E-state index in [9.17, 15) is 0 Å². The lowest BCUT2D eigenvalue weighted by molar-refractivity contribution is 0.572. The molecule has 0 aliphatic heterocycles. The van der Waals surface area contributed by atoms with Gasteiger partial charge in [-0.05, 0) is 38.4 Å². The maximum atomic E-state index is 6.47. The molecule has 2 aromatic heterocycles. The Kier molecular flexibility index (Phi) is 5.48. The van der Waals surface area contributed by atoms with Gasteiger partial charge in [0.05, 0.1) is 23.0 Å². The first-order valence-corrected chi connectivity index (χ1v) is 8.09. The van der Waals surface area contributed by atoms with Gasteiger partial charge in [0.15, 0.2) is 0 Å². The van der Waals surface area contributed by atoms with E-state index >= 15 is 0 Å². The Morgan fingerprint density at radius 3 is 2.67 bits per heavy atom. The molecule has 0 amide bonds. The molecule has 1 atom stereocenters. The van der Waals surface area contributed by atoms with Crippen molar-refractivity contribution < 1.29 is 0 Å². The molecule has 2 aromatic rings. The maximum Gasteiger partial charge on any atom is 0.0868 e. The zero-order chi connectivity index (χ0) is 15.4. The number of hydrogen-bond donors (Lipinski definition) is 1. The number of rotatable bonds is 7. The number of hydrogen-bond acceptors (Lipinski definition) is 2. The van der Waals surface area contributed by atoms with Crippen molar-refractivity contribution in [3.63, 3.8) is 0 Å². The second kappa shape index (κ2) is 7.14. The van der Waals surface area contributed by atoms with E-state index in [0.29, 0.717) is 6.04 Å². The summed E-state index contributed by atoms with van der Waals surface area (Å²) in [7, 11) is 2.00. The lowest BCUT2D eigenvalue weighted by Crippen LogP contribution is -2.14. The summed E-state index contributed by atoms with van der Waals surface area (Å²) in [5.74, 6) is 0. The third kappa shape index (κ3) is 3.33. The van der Waals surface area contributed by atoms with Crippen LogP contribution in [0.1, 0.15) is 50.2 Å². The van der Waals surface area contributed by atoms with E-state index in [2.05, 4.69) is 54.2 Å². The molecule has 116 valence electrons. The van der Waals surface area contributed by atoms with Gasteiger partial charge in [-0.3, -0.25) is 4.68 Å². The summed E-state index contributed by atoms with van der Waals surface area (Å²) in [6, 6.07) is 2.58. The largest absolute Gasteiger partial charge is 0.348 e. The zero-order valence-corrected chi connectivity index (χ0v) is 14.1. The third-order valence-electron chi connectivity index (χ3n) is 3.96. The van der Waals surface area contributed by atoms with Gasteiger partial charge < -0.3 is 9.88 Å². The average Bonchev–Trinajstić information content (AvgIpc) is 3.07. The van der Waals surface area contributed by atoms with Crippen LogP contribution in [-0.4, -0.2) is 21.4 Å². The lowest BCUT2D eigenvalue weighted by atomic mass is 10.1. The molecule has 1 N–H and O–H groups in total. The third-order valence-corrected chi connectivity index (χ3v) is 4.40. The van der Waals surface area contributed by atoms with Crippen LogP contribution in [-0.2, 0) is 19.5 Å². The van der Waals surface area contributed by atoms with Crippen molar-refractivity contribution in [3.8, 4) is 0 Å². The highest BCUT2D eigenvalue weighted by Gasteiger charge is 2.15. The van der Waals surface area contributed by atoms with E-state index in [1.807, 2.05) is 11.7 Å². The normalized spacial score (nSPS) is 12.8. The van der Waals surface area contributed by atoms with E-state index in [4.69, 9.17) is 11.6 Å². The number of nitrogens with one attached hydrogen (secondary N) is 1. The smallest absolute Gasteiger partial charge is 0.0868 e. The highest BCUT2D eigenvalue weighted by atomic mass is 35.5. The fourth-order valence-electron chi connectivity index (χ4n) is 2.71. The monoisotopic (exact) mass is 308 g/mol. The van der Waals surface area contributed by atoms with Crippen LogP contribution < -0.4 is 5.32 Å². The summed E-state index contributed by atoms with van der Waals surface area (Å²) >= 11 is 6.47. The minimum atomic E-state index is 0.406. The van der Waals surface area contributed by atoms with E-state index < -0.39 is 0 Å². The van der Waals surface area contributed by atoms with Crippen LogP contribution in [0.4, 0.5) is 0 Å². The van der Waals surface area contributed by atoms with Gasteiger partial charge in [0.1, 0.15) is 0 Å². The van der Waals surface area contributed by atoms with Crippen LogP contribution in [0.2, 0.25) is 5.02 Å². The quantitative estimate of drug-likeness (QED) is 0.847. The molecule has 0 bridgehead atoms. The fourth-order valence-corrected chi connectivity index (χ4v) is 3.04. The molecule has 0 radical (unpaired) electrons. The molecule has 0 spiro atoms. The zero-order valence-electron chi connectivity index (χ0n) is 13.4. The van der Waals surface area contributed by atoms with Crippen LogP contribution >= 0.6 is 11.6 Å². The second-order valence-electron chi connectivity index (χ2n) is 5.24. The molecule has 1 unspecified atom stereocenters. The molecule has 0 saturated heterocycles. The Morgan fingerprint density at radius 2 is 2.10 bits per heavy atom. The van der Waals surface area contributed by atoms with Gasteiger partial charge in [-0.1, -0.05) is 25.4 Å². The molecule has 2 rings (SSSR count). The summed E-state index contributed by atoms with van der Waals surface area (Å²) in [6.07, 6.45) is 6.26. The van der Waals surface area contributed by atoms with Gasteiger partial charge in [0.25, 0.3) is 0 Å². The first-order chi connectivity index (χ1) is 10.1. The topological polar surface area (TPSA) is 34.8 Å². The maximum absolute atomic E-state index is 6.47. The standard InChI is InChI=1S/C16H25ClN4/c1-5-13(18-4)12-8-9-20(10-12)11-15-16(17)14(6-2)19-21(15)7-3/h8-10,13,18H,5-7,11H2,1-4H3.